The molecule has 0 aromatic rings. The summed E-state index contributed by atoms with van der Waals surface area (Å²) in [7, 11) is 0. The van der Waals surface area contributed by atoms with Crippen LogP contribution in [0.25, 0.3) is 0 Å². The molecule has 0 bridgehead atoms. The first-order valence-corrected chi connectivity index (χ1v) is 3.10. The van der Waals surface area contributed by atoms with E-state index in [1.165, 1.54) is 0 Å². The van der Waals surface area contributed by atoms with Crippen LogP contribution in [0.3, 0.4) is 0 Å². The molecule has 0 aromatic carbocycles. The number of hydrogen-bond acceptors (Lipinski definition) is 5. The smallest absolute Gasteiger partial charge is 0.151 e. The minimum Gasteiger partial charge on any atom is -0.393 e. The molecule has 66 valence electrons. The Hall–Kier alpha value is -0.490. The van der Waals surface area contributed by atoms with E-state index < -0.39 is 24.4 Å². The van der Waals surface area contributed by atoms with Crippen LogP contribution in [0.2, 0.25) is 0 Å². The van der Waals surface area contributed by atoms with Crippen molar-refractivity contribution in [2.24, 2.45) is 0 Å². The lowest BCUT2D eigenvalue weighted by atomic mass is 9.96. The van der Waals surface area contributed by atoms with Gasteiger partial charge in [-0.3, -0.25) is 0 Å². The summed E-state index contributed by atoms with van der Waals surface area (Å²) in [5.74, 6) is 0. The lowest BCUT2D eigenvalue weighted by molar-refractivity contribution is -0.147. The Bertz CT molecular complexity index is 133. The van der Waals surface area contributed by atoms with Gasteiger partial charge in [0, 0.05) is 0 Å². The molecule has 0 fully saturated rings. The maximum atomic E-state index is 9.91. The first kappa shape index (κ1) is 10.5. The Labute approximate surface area is 63.9 Å². The zero-order valence-corrected chi connectivity index (χ0v) is 6.14. The molecule has 5 nitrogen and oxygen atoms in total. The van der Waals surface area contributed by atoms with Gasteiger partial charge in [-0.15, -0.1) is 0 Å². The molecule has 0 saturated heterocycles. The van der Waals surface area contributed by atoms with Gasteiger partial charge in [-0.25, -0.2) is 0 Å². The third kappa shape index (κ3) is 2.55. The molecule has 0 heterocycles. The van der Waals surface area contributed by atoms with Crippen LogP contribution in [-0.4, -0.2) is 51.1 Å². The van der Waals surface area contributed by atoms with Crippen molar-refractivity contribution in [3.05, 3.63) is 0 Å². The van der Waals surface area contributed by atoms with E-state index in [0.29, 0.717) is 0 Å². The first-order chi connectivity index (χ1) is 4.95. The predicted molar refractivity (Wildman–Crippen MR) is 35.8 cm³/mol. The fourth-order valence-electron chi connectivity index (χ4n) is 0.536. The van der Waals surface area contributed by atoms with E-state index in [-0.39, 0.29) is 6.29 Å². The molecule has 0 unspecified atom stereocenters. The van der Waals surface area contributed by atoms with Gasteiger partial charge in [0.05, 0.1) is 6.61 Å². The number of hydrogen-bond donors (Lipinski definition) is 4. The lowest BCUT2D eigenvalue weighted by Gasteiger charge is -2.27. The van der Waals surface area contributed by atoms with E-state index in [1.54, 1.807) is 0 Å². The highest BCUT2D eigenvalue weighted by molar-refractivity contribution is 5.56. The van der Waals surface area contributed by atoms with Crippen LogP contribution < -0.4 is 0 Å². The third-order valence-corrected chi connectivity index (χ3v) is 1.42. The van der Waals surface area contributed by atoms with Gasteiger partial charge in [-0.05, 0) is 6.92 Å². The minimum absolute atomic E-state index is 0.0921. The summed E-state index contributed by atoms with van der Waals surface area (Å²) in [6.07, 6.45) is -3.24. The highest BCUT2D eigenvalue weighted by atomic mass is 16.4. The van der Waals surface area contributed by atoms with Gasteiger partial charge in [0.2, 0.25) is 0 Å². The van der Waals surface area contributed by atoms with Gasteiger partial charge in [0.15, 0.2) is 6.29 Å². The highest BCUT2D eigenvalue weighted by Gasteiger charge is 2.34. The van der Waals surface area contributed by atoms with Crippen LogP contribution in [0, 0.1) is 0 Å². The summed E-state index contributed by atoms with van der Waals surface area (Å²) in [4.78, 5) is 9.91. The third-order valence-electron chi connectivity index (χ3n) is 1.42. The van der Waals surface area contributed by atoms with E-state index in [9.17, 15) is 4.79 Å². The topological polar surface area (TPSA) is 98.0 Å². The number of aliphatic hydroxyl groups excluding tert-OH is 3. The highest BCUT2D eigenvalue weighted by Crippen LogP contribution is 2.11. The molecule has 0 aliphatic rings. The van der Waals surface area contributed by atoms with E-state index in [1.807, 2.05) is 0 Å². The Morgan fingerprint density at radius 2 is 2.00 bits per heavy atom. The van der Waals surface area contributed by atoms with Gasteiger partial charge in [0.1, 0.15) is 17.8 Å². The molecule has 11 heavy (non-hydrogen) atoms. The molecule has 3 atom stereocenters. The van der Waals surface area contributed by atoms with Crippen LogP contribution in [-0.2, 0) is 4.79 Å². The Balaban J connectivity index is 4.21. The molecule has 4 N–H and O–H groups in total. The second-order valence-electron chi connectivity index (χ2n) is 2.59. The average Bonchev–Trinajstić information content (AvgIpc) is 2.01. The Kier molecular flexibility index (Phi) is 3.61. The molecule has 0 saturated carbocycles. The predicted octanol–water partition coefficient (Wildman–Crippen LogP) is -2.35. The van der Waals surface area contributed by atoms with Gasteiger partial charge < -0.3 is 25.2 Å². The van der Waals surface area contributed by atoms with Crippen molar-refractivity contribution in [3.8, 4) is 0 Å². The monoisotopic (exact) mass is 164 g/mol. The summed E-state index contributed by atoms with van der Waals surface area (Å²) in [5.41, 5.74) is -1.85. The van der Waals surface area contributed by atoms with Crippen LogP contribution in [0.1, 0.15) is 6.92 Å². The molecule has 0 rings (SSSR count). The molecule has 0 aliphatic carbocycles. The number of aliphatic hydroxyl groups is 4. The average molecular weight is 164 g/mol. The maximum Gasteiger partial charge on any atom is 0.151 e. The molecule has 0 aromatic heterocycles. The number of aldehydes is 1. The second kappa shape index (κ2) is 3.77. The van der Waals surface area contributed by atoms with Crippen molar-refractivity contribution in [3.63, 3.8) is 0 Å². The van der Waals surface area contributed by atoms with Gasteiger partial charge in [0.25, 0.3) is 0 Å². The Morgan fingerprint density at radius 1 is 1.55 bits per heavy atom. The fourth-order valence-corrected chi connectivity index (χ4v) is 0.536. The number of carbonyl (C=O) groups is 1. The van der Waals surface area contributed by atoms with Crippen LogP contribution in [0.15, 0.2) is 0 Å². The van der Waals surface area contributed by atoms with Gasteiger partial charge in [-0.1, -0.05) is 0 Å². The summed E-state index contributed by atoms with van der Waals surface area (Å²) < 4.78 is 0. The van der Waals surface area contributed by atoms with Crippen molar-refractivity contribution < 1.29 is 25.2 Å². The van der Waals surface area contributed by atoms with Crippen molar-refractivity contribution in [1.82, 2.24) is 0 Å². The normalized spacial score (nSPS) is 21.9. The van der Waals surface area contributed by atoms with Crippen molar-refractivity contribution >= 4 is 6.29 Å². The largest absolute Gasteiger partial charge is 0.393 e. The minimum atomic E-state index is -1.85. The molecule has 0 spiro atoms. The summed E-state index contributed by atoms with van der Waals surface area (Å²) in [6, 6.07) is 0. The summed E-state index contributed by atoms with van der Waals surface area (Å²) in [6.45, 7) is 0.392. The molecular weight excluding hydrogens is 152 g/mol. The van der Waals surface area contributed by atoms with Gasteiger partial charge in [-0.2, -0.15) is 0 Å². The molecule has 5 heteroatoms. The molecule has 0 aliphatic heterocycles. The van der Waals surface area contributed by atoms with E-state index in [4.69, 9.17) is 20.4 Å². The molecule has 0 amide bonds. The van der Waals surface area contributed by atoms with Crippen LogP contribution >= 0.6 is 0 Å². The molecular formula is C6H12O5. The van der Waals surface area contributed by atoms with Crippen LogP contribution in [0.5, 0.6) is 0 Å². The number of carbonyl (C=O) groups excluding carboxylic acids is 1. The van der Waals surface area contributed by atoms with E-state index >= 15 is 0 Å². The molecule has 0 radical (unpaired) electrons. The second-order valence-corrected chi connectivity index (χ2v) is 2.59. The van der Waals surface area contributed by atoms with E-state index in [2.05, 4.69) is 0 Å². The van der Waals surface area contributed by atoms with Gasteiger partial charge >= 0.3 is 0 Å². The fraction of sp³-hybridized carbons (Fsp3) is 0.833. The quantitative estimate of drug-likeness (QED) is 0.349. The SMILES string of the molecule is C[C@@](O)(CO)[C@@H](O)[C@@H](O)C=O. The zero-order valence-electron chi connectivity index (χ0n) is 6.14. The first-order valence-electron chi connectivity index (χ1n) is 3.10. The summed E-state index contributed by atoms with van der Waals surface area (Å²) in [5, 5.41) is 35.2. The van der Waals surface area contributed by atoms with Crippen molar-refractivity contribution in [1.29, 1.82) is 0 Å². The zero-order chi connectivity index (χ0) is 9.07. The summed E-state index contributed by atoms with van der Waals surface area (Å²) >= 11 is 0. The Morgan fingerprint density at radius 3 is 2.27 bits per heavy atom. The van der Waals surface area contributed by atoms with Crippen molar-refractivity contribution in [2.45, 2.75) is 24.7 Å². The standard InChI is InChI=1S/C6H12O5/c1-6(11,3-8)5(10)4(9)2-7/h2,4-5,8-11H,3H2,1H3/t4-,5-,6+/m0/s1. The number of rotatable bonds is 4. The maximum absolute atomic E-state index is 9.91. The van der Waals surface area contributed by atoms with E-state index in [0.717, 1.165) is 6.92 Å². The van der Waals surface area contributed by atoms with Crippen LogP contribution in [0.4, 0.5) is 0 Å². The lowest BCUT2D eigenvalue weighted by Crippen LogP contribution is -2.50. The van der Waals surface area contributed by atoms with Crippen molar-refractivity contribution in [2.75, 3.05) is 6.61 Å².